The van der Waals surface area contributed by atoms with Gasteiger partial charge in [0.2, 0.25) is 0 Å². The number of amides is 1. The fourth-order valence-electron chi connectivity index (χ4n) is 3.40. The van der Waals surface area contributed by atoms with Gasteiger partial charge in [-0.3, -0.25) is 14.7 Å². The molecule has 0 aromatic carbocycles. The van der Waals surface area contributed by atoms with Gasteiger partial charge in [0.05, 0.1) is 31.6 Å². The Labute approximate surface area is 137 Å². The lowest BCUT2D eigenvalue weighted by atomic mass is 10.0. The van der Waals surface area contributed by atoms with Gasteiger partial charge in [-0.15, -0.1) is 0 Å². The van der Waals surface area contributed by atoms with Crippen LogP contribution in [0.1, 0.15) is 28.9 Å². The zero-order chi connectivity index (χ0) is 16.2. The van der Waals surface area contributed by atoms with Gasteiger partial charge in [-0.2, -0.15) is 0 Å². The summed E-state index contributed by atoms with van der Waals surface area (Å²) in [6, 6.07) is 2.37. The number of aryl methyl sites for hydroxylation is 1. The molecule has 2 fully saturated rings. The minimum absolute atomic E-state index is 0.0521. The molecule has 1 aromatic rings. The van der Waals surface area contributed by atoms with Crippen LogP contribution in [0.2, 0.25) is 0 Å². The Morgan fingerprint density at radius 1 is 1.26 bits per heavy atom. The lowest BCUT2D eigenvalue weighted by molar-refractivity contribution is 0.00158. The van der Waals surface area contributed by atoms with Crippen molar-refractivity contribution in [2.75, 3.05) is 46.5 Å². The van der Waals surface area contributed by atoms with Gasteiger partial charge in [0.25, 0.3) is 5.91 Å². The van der Waals surface area contributed by atoms with Crippen molar-refractivity contribution < 1.29 is 14.3 Å². The van der Waals surface area contributed by atoms with Crippen LogP contribution < -0.4 is 4.74 Å². The molecule has 0 atom stereocenters. The first-order valence-corrected chi connectivity index (χ1v) is 8.30. The number of likely N-dealkylation sites (tertiary alicyclic amines) is 1. The molecule has 23 heavy (non-hydrogen) atoms. The molecule has 0 N–H and O–H groups in total. The fourth-order valence-corrected chi connectivity index (χ4v) is 3.40. The van der Waals surface area contributed by atoms with Crippen molar-refractivity contribution in [2.24, 2.45) is 0 Å². The number of carbonyl (C=O) groups is 1. The Morgan fingerprint density at radius 2 is 1.96 bits per heavy atom. The van der Waals surface area contributed by atoms with Gasteiger partial charge in [0.15, 0.2) is 0 Å². The maximum atomic E-state index is 12.7. The predicted molar refractivity (Wildman–Crippen MR) is 86.8 cm³/mol. The van der Waals surface area contributed by atoms with Crippen LogP contribution in [0.15, 0.2) is 12.3 Å². The molecular formula is C17H25N3O3. The molecule has 0 radical (unpaired) electrons. The first-order valence-electron chi connectivity index (χ1n) is 8.30. The molecular weight excluding hydrogens is 294 g/mol. The van der Waals surface area contributed by atoms with E-state index in [2.05, 4.69) is 9.88 Å². The molecule has 6 heteroatoms. The van der Waals surface area contributed by atoms with Gasteiger partial charge in [0, 0.05) is 38.4 Å². The molecule has 0 spiro atoms. The molecule has 2 aliphatic heterocycles. The highest BCUT2D eigenvalue weighted by atomic mass is 16.5. The number of morpholine rings is 1. The van der Waals surface area contributed by atoms with Crippen molar-refractivity contribution in [3.05, 3.63) is 23.5 Å². The largest absolute Gasteiger partial charge is 0.495 e. The monoisotopic (exact) mass is 319 g/mol. The Balaban J connectivity index is 1.59. The number of ether oxygens (including phenoxy) is 2. The lowest BCUT2D eigenvalue weighted by Gasteiger charge is -2.40. The Hall–Kier alpha value is -1.66. The summed E-state index contributed by atoms with van der Waals surface area (Å²) in [5.74, 6) is 0.718. The summed E-state index contributed by atoms with van der Waals surface area (Å²) in [7, 11) is 1.60. The van der Waals surface area contributed by atoms with Gasteiger partial charge in [-0.1, -0.05) is 0 Å². The summed E-state index contributed by atoms with van der Waals surface area (Å²) in [6.07, 6.45) is 3.71. The van der Waals surface area contributed by atoms with Crippen LogP contribution in [0.5, 0.6) is 5.75 Å². The van der Waals surface area contributed by atoms with E-state index < -0.39 is 0 Å². The van der Waals surface area contributed by atoms with Gasteiger partial charge in [-0.05, 0) is 25.8 Å². The number of methoxy groups -OCH3 is 1. The second kappa shape index (κ2) is 7.27. The first-order chi connectivity index (χ1) is 11.2. The molecule has 1 aromatic heterocycles. The third kappa shape index (κ3) is 3.64. The summed E-state index contributed by atoms with van der Waals surface area (Å²) in [5, 5.41) is 0. The third-order valence-corrected chi connectivity index (χ3v) is 4.82. The molecule has 2 aliphatic rings. The van der Waals surface area contributed by atoms with E-state index in [4.69, 9.17) is 9.47 Å². The summed E-state index contributed by atoms with van der Waals surface area (Å²) in [5.41, 5.74) is 1.41. The number of pyridine rings is 1. The lowest BCUT2D eigenvalue weighted by Crippen LogP contribution is -2.50. The number of aromatic nitrogens is 1. The van der Waals surface area contributed by atoms with Gasteiger partial charge < -0.3 is 14.4 Å². The van der Waals surface area contributed by atoms with Gasteiger partial charge >= 0.3 is 0 Å². The predicted octanol–water partition coefficient (Wildman–Crippen LogP) is 1.34. The summed E-state index contributed by atoms with van der Waals surface area (Å²) < 4.78 is 10.7. The van der Waals surface area contributed by atoms with E-state index in [1.165, 1.54) is 0 Å². The Morgan fingerprint density at radius 3 is 2.61 bits per heavy atom. The van der Waals surface area contributed by atoms with Crippen molar-refractivity contribution in [2.45, 2.75) is 25.8 Å². The van der Waals surface area contributed by atoms with Crippen LogP contribution in [0.3, 0.4) is 0 Å². The van der Waals surface area contributed by atoms with Crippen molar-refractivity contribution in [1.82, 2.24) is 14.8 Å². The van der Waals surface area contributed by atoms with Gasteiger partial charge in [-0.25, -0.2) is 0 Å². The number of carbonyl (C=O) groups excluding carboxylic acids is 1. The molecule has 0 unspecified atom stereocenters. The van der Waals surface area contributed by atoms with Crippen molar-refractivity contribution in [3.63, 3.8) is 0 Å². The number of hydrogen-bond donors (Lipinski definition) is 0. The fraction of sp³-hybridized carbons (Fsp3) is 0.647. The average molecular weight is 319 g/mol. The van der Waals surface area contributed by atoms with Crippen LogP contribution in [-0.2, 0) is 4.74 Å². The van der Waals surface area contributed by atoms with Crippen LogP contribution >= 0.6 is 0 Å². The smallest absolute Gasteiger partial charge is 0.255 e. The minimum atomic E-state index is 0.0521. The highest BCUT2D eigenvalue weighted by molar-refractivity contribution is 5.94. The van der Waals surface area contributed by atoms with E-state index in [0.29, 0.717) is 17.4 Å². The number of piperidine rings is 1. The average Bonchev–Trinajstić information content (AvgIpc) is 2.62. The van der Waals surface area contributed by atoms with E-state index in [-0.39, 0.29) is 5.91 Å². The molecule has 6 nitrogen and oxygen atoms in total. The topological polar surface area (TPSA) is 54.9 Å². The van der Waals surface area contributed by atoms with E-state index in [0.717, 1.165) is 57.9 Å². The van der Waals surface area contributed by atoms with E-state index in [1.807, 2.05) is 11.8 Å². The quantitative estimate of drug-likeness (QED) is 0.841. The highest BCUT2D eigenvalue weighted by Gasteiger charge is 2.28. The highest BCUT2D eigenvalue weighted by Crippen LogP contribution is 2.21. The summed E-state index contributed by atoms with van der Waals surface area (Å²) in [6.45, 7) is 7.16. The second-order valence-corrected chi connectivity index (χ2v) is 6.18. The molecule has 1 amide bonds. The maximum Gasteiger partial charge on any atom is 0.255 e. The maximum absolute atomic E-state index is 12.7. The van der Waals surface area contributed by atoms with Crippen molar-refractivity contribution in [3.8, 4) is 5.75 Å². The second-order valence-electron chi connectivity index (χ2n) is 6.18. The molecule has 0 aliphatic carbocycles. The zero-order valence-electron chi connectivity index (χ0n) is 14.0. The normalized spacial score (nSPS) is 20.5. The van der Waals surface area contributed by atoms with Gasteiger partial charge in [0.1, 0.15) is 5.75 Å². The minimum Gasteiger partial charge on any atom is -0.495 e. The molecule has 0 bridgehead atoms. The Bertz CT molecular complexity index is 550. The Kier molecular flexibility index (Phi) is 5.13. The summed E-state index contributed by atoms with van der Waals surface area (Å²) in [4.78, 5) is 21.4. The number of nitrogens with zero attached hydrogens (tertiary/aromatic N) is 3. The zero-order valence-corrected chi connectivity index (χ0v) is 14.0. The summed E-state index contributed by atoms with van der Waals surface area (Å²) >= 11 is 0. The molecule has 126 valence electrons. The molecule has 2 saturated heterocycles. The van der Waals surface area contributed by atoms with Crippen LogP contribution in [-0.4, -0.2) is 73.2 Å². The van der Waals surface area contributed by atoms with Crippen molar-refractivity contribution >= 4 is 5.91 Å². The van der Waals surface area contributed by atoms with Crippen LogP contribution in [0.25, 0.3) is 0 Å². The van der Waals surface area contributed by atoms with E-state index >= 15 is 0 Å². The number of hydrogen-bond acceptors (Lipinski definition) is 5. The van der Waals surface area contributed by atoms with Crippen LogP contribution in [0, 0.1) is 6.92 Å². The standard InChI is InChI=1S/C17H25N3O3/c1-13-16(22-2)11-14(12-18-13)17(21)20-5-3-15(4-6-20)19-7-9-23-10-8-19/h11-12,15H,3-10H2,1-2H3. The molecule has 3 rings (SSSR count). The molecule has 0 saturated carbocycles. The van der Waals surface area contributed by atoms with Crippen LogP contribution in [0.4, 0.5) is 0 Å². The number of rotatable bonds is 3. The third-order valence-electron chi connectivity index (χ3n) is 4.82. The van der Waals surface area contributed by atoms with E-state index in [9.17, 15) is 4.79 Å². The van der Waals surface area contributed by atoms with E-state index in [1.54, 1.807) is 19.4 Å². The molecule has 3 heterocycles. The first kappa shape index (κ1) is 16.2. The van der Waals surface area contributed by atoms with Crippen molar-refractivity contribution in [1.29, 1.82) is 0 Å². The SMILES string of the molecule is COc1cc(C(=O)N2CCC(N3CCOCC3)CC2)cnc1C.